The Bertz CT molecular complexity index is 931. The molecule has 0 radical (unpaired) electrons. The summed E-state index contributed by atoms with van der Waals surface area (Å²) in [6.45, 7) is 1.53. The molecule has 160 valence electrons. The maximum absolute atomic E-state index is 13.6. The van der Waals surface area contributed by atoms with Gasteiger partial charge >= 0.3 is 18.3 Å². The van der Waals surface area contributed by atoms with Gasteiger partial charge in [-0.2, -0.15) is 40.2 Å². The van der Waals surface area contributed by atoms with Crippen LogP contribution in [-0.4, -0.2) is 29.0 Å². The zero-order valence-corrected chi connectivity index (χ0v) is 15.0. The van der Waals surface area contributed by atoms with Crippen molar-refractivity contribution in [3.05, 3.63) is 40.6 Å². The van der Waals surface area contributed by atoms with Crippen molar-refractivity contribution in [2.45, 2.75) is 25.2 Å². The topological polar surface area (TPSA) is 56.1 Å². The van der Waals surface area contributed by atoms with Gasteiger partial charge in [-0.3, -0.25) is 9.48 Å². The van der Waals surface area contributed by atoms with E-state index in [0.717, 1.165) is 0 Å². The van der Waals surface area contributed by atoms with Crippen LogP contribution < -0.4 is 10.1 Å². The first kappa shape index (κ1) is 22.4. The third kappa shape index (κ3) is 3.98. The zero-order valence-electron chi connectivity index (χ0n) is 15.0. The highest BCUT2D eigenvalue weighted by atomic mass is 19.4. The molecule has 2 rings (SSSR count). The van der Waals surface area contributed by atoms with Crippen LogP contribution in [0.2, 0.25) is 0 Å². The number of hydrogen-bond donors (Lipinski definition) is 1. The molecule has 1 aromatic carbocycles. The minimum Gasteiger partial charge on any atom is -0.496 e. The van der Waals surface area contributed by atoms with Gasteiger partial charge in [-0.25, -0.2) is 0 Å². The van der Waals surface area contributed by atoms with Crippen LogP contribution in [0.25, 0.3) is 0 Å². The summed E-state index contributed by atoms with van der Waals surface area (Å²) >= 11 is 0. The lowest BCUT2D eigenvalue weighted by Gasteiger charge is -2.20. The number of aromatic nitrogens is 2. The molecule has 0 aliphatic heterocycles. The van der Waals surface area contributed by atoms with Crippen molar-refractivity contribution >= 4 is 11.7 Å². The third-order valence-electron chi connectivity index (χ3n) is 3.88. The van der Waals surface area contributed by atoms with E-state index in [1.165, 1.54) is 32.2 Å². The average Bonchev–Trinajstić information content (AvgIpc) is 2.90. The third-order valence-corrected chi connectivity index (χ3v) is 3.88. The monoisotopic (exact) mass is 431 g/mol. The molecule has 0 unspecified atom stereocenters. The van der Waals surface area contributed by atoms with Crippen molar-refractivity contribution in [3.63, 3.8) is 0 Å². The molecule has 1 heterocycles. The number of nitrogens with zero attached hydrogens (tertiary/aromatic N) is 2. The van der Waals surface area contributed by atoms with E-state index < -0.39 is 41.3 Å². The first-order valence-electron chi connectivity index (χ1n) is 7.67. The quantitative estimate of drug-likeness (QED) is 0.717. The summed E-state index contributed by atoms with van der Waals surface area (Å²) in [5, 5.41) is 4.41. The van der Waals surface area contributed by atoms with Crippen LogP contribution >= 0.6 is 0 Å². The van der Waals surface area contributed by atoms with E-state index in [1.807, 2.05) is 0 Å². The number of para-hydroxylation sites is 1. The second-order valence-electron chi connectivity index (χ2n) is 5.88. The molecule has 0 aliphatic rings. The molecule has 13 heteroatoms. The van der Waals surface area contributed by atoms with E-state index in [-0.39, 0.29) is 16.0 Å². The molecule has 29 heavy (non-hydrogen) atoms. The van der Waals surface area contributed by atoms with Crippen LogP contribution in [0.3, 0.4) is 0 Å². The summed E-state index contributed by atoms with van der Waals surface area (Å²) in [7, 11) is 1.88. The Labute approximate surface area is 158 Å². The van der Waals surface area contributed by atoms with Crippen LogP contribution in [0.4, 0.5) is 40.9 Å². The van der Waals surface area contributed by atoms with Crippen molar-refractivity contribution in [2.24, 2.45) is 7.05 Å². The SMILES string of the molecule is COc1c(C)cccc1C(=O)Nc1c(C(F)(F)F)c(C(F)(F)C(F)(F)F)nn1C. The van der Waals surface area contributed by atoms with Crippen LogP contribution in [-0.2, 0) is 19.1 Å². The van der Waals surface area contributed by atoms with Gasteiger partial charge in [-0.1, -0.05) is 12.1 Å². The lowest BCUT2D eigenvalue weighted by Crippen LogP contribution is -2.36. The summed E-state index contributed by atoms with van der Waals surface area (Å²) in [5.74, 6) is -8.51. The van der Waals surface area contributed by atoms with E-state index in [9.17, 15) is 39.9 Å². The molecule has 0 aliphatic carbocycles. The molecule has 0 atom stereocenters. The number of alkyl halides is 8. The van der Waals surface area contributed by atoms with Crippen LogP contribution in [0, 0.1) is 6.92 Å². The Morgan fingerprint density at radius 2 is 1.69 bits per heavy atom. The lowest BCUT2D eigenvalue weighted by atomic mass is 10.1. The molecular weight excluding hydrogens is 418 g/mol. The number of amides is 1. The van der Waals surface area contributed by atoms with Gasteiger partial charge in [0.1, 0.15) is 17.1 Å². The van der Waals surface area contributed by atoms with Crippen LogP contribution in [0.5, 0.6) is 5.75 Å². The summed E-state index contributed by atoms with van der Waals surface area (Å²) in [5.41, 5.74) is -4.79. The number of benzene rings is 1. The molecule has 0 bridgehead atoms. The van der Waals surface area contributed by atoms with Gasteiger partial charge in [0.2, 0.25) is 0 Å². The maximum Gasteiger partial charge on any atom is 0.459 e. The Hall–Kier alpha value is -2.86. The minimum atomic E-state index is -6.33. The molecule has 1 aromatic heterocycles. The Morgan fingerprint density at radius 3 is 2.17 bits per heavy atom. The second-order valence-corrected chi connectivity index (χ2v) is 5.88. The molecule has 1 amide bonds. The molecular formula is C16H13F8N3O2. The minimum absolute atomic E-state index is 0.0124. The van der Waals surface area contributed by atoms with Gasteiger partial charge < -0.3 is 10.1 Å². The maximum atomic E-state index is 13.6. The molecule has 5 nitrogen and oxygen atoms in total. The zero-order chi connectivity index (χ0) is 22.4. The predicted molar refractivity (Wildman–Crippen MR) is 83.8 cm³/mol. The Morgan fingerprint density at radius 1 is 1.10 bits per heavy atom. The largest absolute Gasteiger partial charge is 0.496 e. The van der Waals surface area contributed by atoms with E-state index in [4.69, 9.17) is 4.74 Å². The fourth-order valence-corrected chi connectivity index (χ4v) is 2.57. The number of rotatable bonds is 4. The first-order valence-corrected chi connectivity index (χ1v) is 7.67. The van der Waals surface area contributed by atoms with Crippen LogP contribution in [0.1, 0.15) is 27.2 Å². The van der Waals surface area contributed by atoms with Crippen molar-refractivity contribution < 1.29 is 44.7 Å². The summed E-state index contributed by atoms with van der Waals surface area (Å²) in [6, 6.07) is 4.09. The van der Waals surface area contributed by atoms with Crippen molar-refractivity contribution in [1.82, 2.24) is 9.78 Å². The fourth-order valence-electron chi connectivity index (χ4n) is 2.57. The Kier molecular flexibility index (Phi) is 5.56. The van der Waals surface area contributed by atoms with Crippen molar-refractivity contribution in [1.29, 1.82) is 0 Å². The van der Waals surface area contributed by atoms with E-state index in [1.54, 1.807) is 5.32 Å². The highest BCUT2D eigenvalue weighted by Gasteiger charge is 2.64. The molecule has 0 spiro atoms. The number of hydrogen-bond acceptors (Lipinski definition) is 3. The highest BCUT2D eigenvalue weighted by molar-refractivity contribution is 6.06. The Balaban J connectivity index is 2.63. The number of halogens is 8. The molecule has 1 N–H and O–H groups in total. The highest BCUT2D eigenvalue weighted by Crippen LogP contribution is 2.49. The van der Waals surface area contributed by atoms with E-state index >= 15 is 0 Å². The molecule has 0 saturated carbocycles. The van der Waals surface area contributed by atoms with E-state index in [0.29, 0.717) is 12.6 Å². The number of carbonyl (C=O) groups is 1. The normalized spacial score (nSPS) is 12.8. The molecule has 2 aromatic rings. The van der Waals surface area contributed by atoms with Crippen molar-refractivity contribution in [2.75, 3.05) is 12.4 Å². The summed E-state index contributed by atoms with van der Waals surface area (Å²) < 4.78 is 110. The summed E-state index contributed by atoms with van der Waals surface area (Å²) in [4.78, 5) is 12.4. The number of carbonyl (C=O) groups excluding carboxylic acids is 1. The standard InChI is InChI=1S/C16H13F8N3O2/c1-7-5-4-6-8(10(7)29-3)13(28)25-12-9(15(19,20)21)11(26-27(12)2)14(17,18)16(22,23)24/h4-6H,1-3H3,(H,25,28). The van der Waals surface area contributed by atoms with Gasteiger partial charge in [0.05, 0.1) is 12.7 Å². The van der Waals surface area contributed by atoms with Gasteiger partial charge in [0.15, 0.2) is 5.69 Å². The van der Waals surface area contributed by atoms with Gasteiger partial charge in [0.25, 0.3) is 5.91 Å². The number of anilines is 1. The van der Waals surface area contributed by atoms with E-state index in [2.05, 4.69) is 5.10 Å². The van der Waals surface area contributed by atoms with Gasteiger partial charge in [-0.05, 0) is 18.6 Å². The summed E-state index contributed by atoms with van der Waals surface area (Å²) in [6.07, 6.45) is -12.0. The molecule has 0 fully saturated rings. The number of methoxy groups -OCH3 is 1. The van der Waals surface area contributed by atoms with Crippen molar-refractivity contribution in [3.8, 4) is 5.75 Å². The van der Waals surface area contributed by atoms with Crippen LogP contribution in [0.15, 0.2) is 18.2 Å². The first-order chi connectivity index (χ1) is 13.1. The lowest BCUT2D eigenvalue weighted by molar-refractivity contribution is -0.292. The van der Waals surface area contributed by atoms with Gasteiger partial charge in [-0.15, -0.1) is 0 Å². The fraction of sp³-hybridized carbons (Fsp3) is 0.375. The smallest absolute Gasteiger partial charge is 0.459 e. The predicted octanol–water partition coefficient (Wildman–Crippen LogP) is 4.66. The number of aryl methyl sites for hydroxylation is 2. The molecule has 0 saturated heterocycles. The second kappa shape index (κ2) is 7.19. The number of ether oxygens (including phenoxy) is 1. The van der Waals surface area contributed by atoms with Gasteiger partial charge in [0, 0.05) is 7.05 Å². The average molecular weight is 431 g/mol. The number of nitrogens with one attached hydrogen (secondary N) is 1.